The van der Waals surface area contributed by atoms with E-state index in [4.69, 9.17) is 4.74 Å². The molecule has 7 heteroatoms. The molecule has 0 aliphatic carbocycles. The maximum Gasteiger partial charge on any atom is 0.273 e. The molecule has 1 aromatic heterocycles. The summed E-state index contributed by atoms with van der Waals surface area (Å²) in [7, 11) is 4.84. The number of hydrogen-bond donors (Lipinski definition) is 1. The van der Waals surface area contributed by atoms with Crippen LogP contribution in [0, 0.1) is 0 Å². The highest BCUT2D eigenvalue weighted by Gasteiger charge is 2.22. The predicted molar refractivity (Wildman–Crippen MR) is 103 cm³/mol. The number of amides is 2. The molecule has 1 heterocycles. The predicted octanol–water partition coefficient (Wildman–Crippen LogP) is 3.16. The van der Waals surface area contributed by atoms with Crippen molar-refractivity contribution in [3.8, 4) is 22.9 Å². The lowest BCUT2D eigenvalue weighted by Gasteiger charge is -2.12. The van der Waals surface area contributed by atoms with Crippen molar-refractivity contribution >= 4 is 18.1 Å². The zero-order valence-corrected chi connectivity index (χ0v) is 15.3. The summed E-state index contributed by atoms with van der Waals surface area (Å²) in [5, 5.41) is 0. The average Bonchev–Trinajstić information content (AvgIpc) is 3.13. The highest BCUT2D eigenvalue weighted by atomic mass is 16.5. The Bertz CT molecular complexity index is 934. The second-order valence-electron chi connectivity index (χ2n) is 6.14. The first-order valence-electron chi connectivity index (χ1n) is 8.32. The van der Waals surface area contributed by atoms with Crippen LogP contribution in [0.15, 0.2) is 54.6 Å². The summed E-state index contributed by atoms with van der Waals surface area (Å²) in [5.74, 6) is 1.95. The molecule has 3 rings (SSSR count). The van der Waals surface area contributed by atoms with Crippen LogP contribution in [0.25, 0.3) is 11.4 Å². The molecule has 0 aliphatic rings. The Hall–Kier alpha value is -3.61. The number of aromatic amines is 1. The fourth-order valence-electron chi connectivity index (χ4n) is 2.48. The van der Waals surface area contributed by atoms with Gasteiger partial charge in [0.05, 0.1) is 0 Å². The van der Waals surface area contributed by atoms with Crippen LogP contribution in [0.2, 0.25) is 0 Å². The minimum Gasteiger partial charge on any atom is -0.457 e. The van der Waals surface area contributed by atoms with E-state index in [1.807, 2.05) is 54.6 Å². The molecule has 1 N–H and O–H groups in total. The summed E-state index contributed by atoms with van der Waals surface area (Å²) in [4.78, 5) is 33.7. The molecule has 0 saturated carbocycles. The third-order valence-corrected chi connectivity index (χ3v) is 3.90. The highest BCUT2D eigenvalue weighted by Crippen LogP contribution is 2.27. The first-order valence-corrected chi connectivity index (χ1v) is 8.32. The maximum atomic E-state index is 12.4. The summed E-state index contributed by atoms with van der Waals surface area (Å²) < 4.78 is 5.78. The third kappa shape index (κ3) is 3.98. The van der Waals surface area contributed by atoms with E-state index in [-0.39, 0.29) is 17.4 Å². The number of ether oxygens (including phenoxy) is 1. The van der Waals surface area contributed by atoms with Crippen LogP contribution in [0.5, 0.6) is 11.5 Å². The van der Waals surface area contributed by atoms with E-state index in [0.717, 1.165) is 11.3 Å². The van der Waals surface area contributed by atoms with Crippen LogP contribution < -0.4 is 9.64 Å². The minimum absolute atomic E-state index is 0.259. The molecule has 138 valence electrons. The Morgan fingerprint density at radius 1 is 1.00 bits per heavy atom. The summed E-state index contributed by atoms with van der Waals surface area (Å²) in [6.07, 6.45) is 0.614. The molecular weight excluding hydrogens is 344 g/mol. The molecular formula is C20H20N4O3. The van der Waals surface area contributed by atoms with Crippen molar-refractivity contribution < 1.29 is 14.3 Å². The Balaban J connectivity index is 1.89. The van der Waals surface area contributed by atoms with Crippen molar-refractivity contribution in [2.45, 2.75) is 0 Å². The van der Waals surface area contributed by atoms with Crippen molar-refractivity contribution in [3.63, 3.8) is 0 Å². The van der Waals surface area contributed by atoms with Gasteiger partial charge < -0.3 is 19.5 Å². The number of para-hydroxylation sites is 1. The number of carbonyl (C=O) groups excluding carboxylic acids is 2. The van der Waals surface area contributed by atoms with E-state index >= 15 is 0 Å². The van der Waals surface area contributed by atoms with E-state index < -0.39 is 0 Å². The lowest BCUT2D eigenvalue weighted by atomic mass is 10.2. The monoisotopic (exact) mass is 364 g/mol. The molecule has 27 heavy (non-hydrogen) atoms. The molecule has 0 aliphatic heterocycles. The average molecular weight is 364 g/mol. The highest BCUT2D eigenvalue weighted by molar-refractivity contribution is 5.99. The van der Waals surface area contributed by atoms with Gasteiger partial charge in [0.15, 0.2) is 5.82 Å². The Morgan fingerprint density at radius 3 is 2.22 bits per heavy atom. The molecule has 0 radical (unpaired) electrons. The molecule has 0 saturated heterocycles. The van der Waals surface area contributed by atoms with Crippen LogP contribution in [-0.4, -0.2) is 48.3 Å². The van der Waals surface area contributed by atoms with Gasteiger partial charge >= 0.3 is 0 Å². The van der Waals surface area contributed by atoms with Crippen LogP contribution in [0.4, 0.5) is 5.82 Å². The van der Waals surface area contributed by atoms with Gasteiger partial charge in [0.25, 0.3) is 5.91 Å². The number of nitrogens with zero attached hydrogens (tertiary/aromatic N) is 3. The molecule has 0 fully saturated rings. The number of carbonyl (C=O) groups is 2. The summed E-state index contributed by atoms with van der Waals surface area (Å²) in [5.41, 5.74) is 1.03. The van der Waals surface area contributed by atoms with Crippen molar-refractivity contribution in [3.05, 3.63) is 60.3 Å². The van der Waals surface area contributed by atoms with Gasteiger partial charge in [-0.15, -0.1) is 0 Å². The normalized spacial score (nSPS) is 10.3. The van der Waals surface area contributed by atoms with Gasteiger partial charge in [-0.3, -0.25) is 9.59 Å². The van der Waals surface area contributed by atoms with E-state index in [1.165, 1.54) is 9.80 Å². The molecule has 0 atom stereocenters. The minimum atomic E-state index is -0.263. The number of benzene rings is 2. The molecule has 0 bridgehead atoms. The maximum absolute atomic E-state index is 12.4. The third-order valence-electron chi connectivity index (χ3n) is 3.90. The molecule has 2 amide bonds. The summed E-state index contributed by atoms with van der Waals surface area (Å²) >= 11 is 0. The zero-order valence-electron chi connectivity index (χ0n) is 15.3. The first-order chi connectivity index (χ1) is 13.0. The molecule has 7 nitrogen and oxygen atoms in total. The largest absolute Gasteiger partial charge is 0.457 e. The van der Waals surface area contributed by atoms with Crippen LogP contribution >= 0.6 is 0 Å². The SMILES string of the molecule is CN(C)C(=O)c1[nH]c(-c2ccc(Oc3ccccc3)cc2)nc1N(C)C=O. The van der Waals surface area contributed by atoms with Crippen LogP contribution in [0.3, 0.4) is 0 Å². The van der Waals surface area contributed by atoms with Gasteiger partial charge in [0.1, 0.15) is 23.0 Å². The van der Waals surface area contributed by atoms with Crippen molar-refractivity contribution in [2.75, 3.05) is 26.0 Å². The summed E-state index contributed by atoms with van der Waals surface area (Å²) in [6.45, 7) is 0. The van der Waals surface area contributed by atoms with Gasteiger partial charge in [0, 0.05) is 26.7 Å². The van der Waals surface area contributed by atoms with Crippen molar-refractivity contribution in [1.82, 2.24) is 14.9 Å². The topological polar surface area (TPSA) is 78.5 Å². The number of anilines is 1. The number of aromatic nitrogens is 2. The van der Waals surface area contributed by atoms with E-state index in [9.17, 15) is 9.59 Å². The van der Waals surface area contributed by atoms with Gasteiger partial charge in [-0.2, -0.15) is 0 Å². The smallest absolute Gasteiger partial charge is 0.273 e. The Labute approximate surface area is 157 Å². The standard InChI is InChI=1S/C20H20N4O3/c1-23(2)20(26)17-19(24(3)13-25)22-18(21-17)14-9-11-16(12-10-14)27-15-7-5-4-6-8-15/h4-13H,1-3H3,(H,21,22). The fraction of sp³-hybridized carbons (Fsp3) is 0.150. The lowest BCUT2D eigenvalue weighted by Crippen LogP contribution is -2.25. The Morgan fingerprint density at radius 2 is 1.63 bits per heavy atom. The van der Waals surface area contributed by atoms with Gasteiger partial charge in [-0.1, -0.05) is 18.2 Å². The number of nitrogens with one attached hydrogen (secondary N) is 1. The second-order valence-corrected chi connectivity index (χ2v) is 6.14. The van der Waals surface area contributed by atoms with E-state index in [2.05, 4.69) is 9.97 Å². The lowest BCUT2D eigenvalue weighted by molar-refractivity contribution is -0.107. The van der Waals surface area contributed by atoms with E-state index in [1.54, 1.807) is 21.1 Å². The van der Waals surface area contributed by atoms with Crippen molar-refractivity contribution in [2.24, 2.45) is 0 Å². The zero-order chi connectivity index (χ0) is 19.4. The van der Waals surface area contributed by atoms with Crippen molar-refractivity contribution in [1.29, 1.82) is 0 Å². The second kappa shape index (κ2) is 7.74. The molecule has 2 aromatic carbocycles. The Kier molecular flexibility index (Phi) is 5.21. The number of hydrogen-bond acceptors (Lipinski definition) is 4. The molecule has 0 spiro atoms. The van der Waals surface area contributed by atoms with E-state index in [0.29, 0.717) is 18.0 Å². The first kappa shape index (κ1) is 18.2. The van der Waals surface area contributed by atoms with Gasteiger partial charge in [-0.05, 0) is 36.4 Å². The quantitative estimate of drug-likeness (QED) is 0.682. The van der Waals surface area contributed by atoms with Crippen LogP contribution in [-0.2, 0) is 4.79 Å². The van der Waals surface area contributed by atoms with Gasteiger partial charge in [-0.25, -0.2) is 4.98 Å². The molecule has 0 unspecified atom stereocenters. The summed E-state index contributed by atoms with van der Waals surface area (Å²) in [6, 6.07) is 16.8. The number of H-pyrrole nitrogens is 1. The molecule has 3 aromatic rings. The number of imidazole rings is 1. The van der Waals surface area contributed by atoms with Gasteiger partial charge in [0.2, 0.25) is 6.41 Å². The number of rotatable bonds is 6. The van der Waals surface area contributed by atoms with Crippen LogP contribution in [0.1, 0.15) is 10.5 Å². The fourth-order valence-corrected chi connectivity index (χ4v) is 2.48.